The molecule has 2 rings (SSSR count). The van der Waals surface area contributed by atoms with E-state index in [9.17, 15) is 12.3 Å². The summed E-state index contributed by atoms with van der Waals surface area (Å²) in [5.41, 5.74) is 8.63. The Morgan fingerprint density at radius 1 is 1.24 bits per heavy atom. The van der Waals surface area contributed by atoms with Gasteiger partial charge in [0.1, 0.15) is 0 Å². The summed E-state index contributed by atoms with van der Waals surface area (Å²) in [7, 11) is -4.76. The lowest BCUT2D eigenvalue weighted by Crippen LogP contribution is -1.91. The van der Waals surface area contributed by atoms with Crippen molar-refractivity contribution < 1.29 is 12.3 Å². The summed E-state index contributed by atoms with van der Waals surface area (Å²) in [5, 5.41) is 4.48. The van der Waals surface area contributed by atoms with Gasteiger partial charge in [-0.25, -0.2) is 0 Å². The van der Waals surface area contributed by atoms with Crippen molar-refractivity contribution in [1.82, 2.24) is 0 Å². The third kappa shape index (κ3) is 2.20. The van der Waals surface area contributed by atoms with E-state index in [1.54, 1.807) is 12.1 Å². The van der Waals surface area contributed by atoms with Crippen LogP contribution < -0.4 is 0 Å². The largest absolute Gasteiger partial charge is 0.332 e. The van der Waals surface area contributed by atoms with Crippen LogP contribution in [-0.4, -0.2) is 8.42 Å². The first kappa shape index (κ1) is 11.4. The Morgan fingerprint density at radius 2 is 2.00 bits per heavy atom. The summed E-state index contributed by atoms with van der Waals surface area (Å²) in [6.07, 6.45) is 0. The summed E-state index contributed by atoms with van der Waals surface area (Å²) in [6, 6.07) is 8.66. The molecule has 5 nitrogen and oxygen atoms in total. The second-order valence-corrected chi connectivity index (χ2v) is 4.63. The Labute approximate surface area is 96.3 Å². The predicted molar refractivity (Wildman–Crippen MR) is 61.0 cm³/mol. The molecular formula is C10H6FN3O2S. The number of nitrogens with zero attached hydrogens (tertiary/aromatic N) is 3. The average Bonchev–Trinajstić information content (AvgIpc) is 2.28. The summed E-state index contributed by atoms with van der Waals surface area (Å²) < 4.78 is 34.4. The van der Waals surface area contributed by atoms with E-state index in [1.807, 2.05) is 0 Å². The smallest absolute Gasteiger partial charge is 0.189 e. The molecule has 0 saturated heterocycles. The minimum absolute atomic E-state index is 0.260. The second kappa shape index (κ2) is 4.04. The van der Waals surface area contributed by atoms with E-state index in [4.69, 9.17) is 5.53 Å². The first-order valence-corrected chi connectivity index (χ1v) is 5.93. The molecule has 0 amide bonds. The first-order valence-electron chi connectivity index (χ1n) is 4.55. The molecule has 2 aromatic carbocycles. The van der Waals surface area contributed by atoms with Crippen LogP contribution in [0.2, 0.25) is 0 Å². The van der Waals surface area contributed by atoms with Crippen LogP contribution in [0.15, 0.2) is 46.4 Å². The summed E-state index contributed by atoms with van der Waals surface area (Å²) >= 11 is 0. The molecule has 0 heterocycles. The normalized spacial score (nSPS) is 11.1. The van der Waals surface area contributed by atoms with Gasteiger partial charge in [0.25, 0.3) is 0 Å². The molecule has 0 bridgehead atoms. The molecule has 0 saturated carbocycles. The SMILES string of the molecule is [N-]=[N+]=Nc1cccc2ccc(S(=O)(=O)F)cc12. The highest BCUT2D eigenvalue weighted by molar-refractivity contribution is 7.86. The molecule has 86 valence electrons. The fourth-order valence-electron chi connectivity index (χ4n) is 1.52. The Bertz CT molecular complexity index is 736. The zero-order valence-corrected chi connectivity index (χ0v) is 9.22. The fraction of sp³-hybridized carbons (Fsp3) is 0. The highest BCUT2D eigenvalue weighted by Gasteiger charge is 2.12. The van der Waals surface area contributed by atoms with Gasteiger partial charge in [-0.05, 0) is 28.4 Å². The van der Waals surface area contributed by atoms with Crippen LogP contribution in [0.1, 0.15) is 0 Å². The summed E-state index contributed by atoms with van der Waals surface area (Å²) in [5.74, 6) is 0. The molecule has 0 aliphatic rings. The topological polar surface area (TPSA) is 82.9 Å². The molecular weight excluding hydrogens is 245 g/mol. The molecule has 0 fully saturated rings. The van der Waals surface area contributed by atoms with Crippen LogP contribution in [0.4, 0.5) is 9.57 Å². The molecule has 0 radical (unpaired) electrons. The van der Waals surface area contributed by atoms with E-state index in [1.165, 1.54) is 12.1 Å². The van der Waals surface area contributed by atoms with Crippen molar-refractivity contribution >= 4 is 26.7 Å². The molecule has 0 aliphatic carbocycles. The summed E-state index contributed by atoms with van der Waals surface area (Å²) in [6.45, 7) is 0. The molecule has 0 atom stereocenters. The van der Waals surface area contributed by atoms with Gasteiger partial charge in [-0.1, -0.05) is 29.4 Å². The monoisotopic (exact) mass is 251 g/mol. The standard InChI is InChI=1S/C10H6FN3O2S/c11-17(15,16)8-5-4-7-2-1-3-10(13-14-12)9(7)6-8/h1-6H. The third-order valence-corrected chi connectivity index (χ3v) is 3.08. The predicted octanol–water partition coefficient (Wildman–Crippen LogP) is 3.44. The van der Waals surface area contributed by atoms with E-state index >= 15 is 0 Å². The van der Waals surface area contributed by atoms with Crippen LogP contribution in [0.3, 0.4) is 0 Å². The van der Waals surface area contributed by atoms with E-state index < -0.39 is 15.1 Å². The van der Waals surface area contributed by atoms with E-state index in [0.717, 1.165) is 12.1 Å². The van der Waals surface area contributed by atoms with Gasteiger partial charge in [0.2, 0.25) is 0 Å². The Morgan fingerprint density at radius 3 is 2.65 bits per heavy atom. The van der Waals surface area contributed by atoms with Crippen molar-refractivity contribution in [3.8, 4) is 0 Å². The highest BCUT2D eigenvalue weighted by atomic mass is 32.3. The molecule has 17 heavy (non-hydrogen) atoms. The third-order valence-electron chi connectivity index (χ3n) is 2.26. The lowest BCUT2D eigenvalue weighted by molar-refractivity contribution is 0.552. The zero-order chi connectivity index (χ0) is 12.5. The van der Waals surface area contributed by atoms with Gasteiger partial charge in [-0.3, -0.25) is 0 Å². The molecule has 0 unspecified atom stereocenters. The van der Waals surface area contributed by atoms with Gasteiger partial charge in [-0.15, -0.1) is 3.89 Å². The number of halogens is 1. The maximum absolute atomic E-state index is 12.8. The highest BCUT2D eigenvalue weighted by Crippen LogP contribution is 2.28. The van der Waals surface area contributed by atoms with E-state index in [0.29, 0.717) is 10.8 Å². The summed E-state index contributed by atoms with van der Waals surface area (Å²) in [4.78, 5) is 2.18. The van der Waals surface area contributed by atoms with Crippen LogP contribution >= 0.6 is 0 Å². The van der Waals surface area contributed by atoms with Gasteiger partial charge in [0.15, 0.2) is 0 Å². The van der Waals surface area contributed by atoms with Crippen LogP contribution in [0, 0.1) is 0 Å². The van der Waals surface area contributed by atoms with Gasteiger partial charge in [0.05, 0.1) is 4.90 Å². The number of benzene rings is 2. The van der Waals surface area contributed by atoms with Crippen molar-refractivity contribution in [3.05, 3.63) is 46.8 Å². The molecule has 2 aromatic rings. The van der Waals surface area contributed by atoms with E-state index in [-0.39, 0.29) is 5.69 Å². The quantitative estimate of drug-likeness (QED) is 0.354. The van der Waals surface area contributed by atoms with Crippen molar-refractivity contribution in [2.45, 2.75) is 4.90 Å². The lowest BCUT2D eigenvalue weighted by Gasteiger charge is -2.02. The van der Waals surface area contributed by atoms with Gasteiger partial charge >= 0.3 is 10.2 Å². The molecule has 7 heteroatoms. The lowest BCUT2D eigenvalue weighted by atomic mass is 10.1. The minimum Gasteiger partial charge on any atom is -0.189 e. The van der Waals surface area contributed by atoms with Gasteiger partial charge < -0.3 is 0 Å². The van der Waals surface area contributed by atoms with Crippen LogP contribution in [-0.2, 0) is 10.2 Å². The number of rotatable bonds is 2. The number of hydrogen-bond acceptors (Lipinski definition) is 3. The molecule has 0 spiro atoms. The Kier molecular flexibility index (Phi) is 2.71. The fourth-order valence-corrected chi connectivity index (χ4v) is 2.01. The minimum atomic E-state index is -4.76. The molecule has 0 N–H and O–H groups in total. The van der Waals surface area contributed by atoms with Gasteiger partial charge in [0, 0.05) is 10.6 Å². The maximum atomic E-state index is 12.8. The Hall–Kier alpha value is -2.11. The van der Waals surface area contributed by atoms with Crippen molar-refractivity contribution in [2.24, 2.45) is 5.11 Å². The van der Waals surface area contributed by atoms with Crippen molar-refractivity contribution in [2.75, 3.05) is 0 Å². The maximum Gasteiger partial charge on any atom is 0.332 e. The second-order valence-electron chi connectivity index (χ2n) is 3.29. The Balaban J connectivity index is 2.83. The van der Waals surface area contributed by atoms with Crippen molar-refractivity contribution in [1.29, 1.82) is 0 Å². The number of azide groups is 1. The van der Waals surface area contributed by atoms with Crippen LogP contribution in [0.5, 0.6) is 0 Å². The zero-order valence-electron chi connectivity index (χ0n) is 8.41. The first-order chi connectivity index (χ1) is 8.02. The molecule has 0 aliphatic heterocycles. The number of fused-ring (bicyclic) bond motifs is 1. The van der Waals surface area contributed by atoms with Crippen molar-refractivity contribution in [3.63, 3.8) is 0 Å². The van der Waals surface area contributed by atoms with Crippen LogP contribution in [0.25, 0.3) is 21.2 Å². The molecule has 0 aromatic heterocycles. The van der Waals surface area contributed by atoms with E-state index in [2.05, 4.69) is 10.0 Å². The number of hydrogen-bond donors (Lipinski definition) is 0. The average molecular weight is 251 g/mol. The van der Waals surface area contributed by atoms with Gasteiger partial charge in [-0.2, -0.15) is 8.42 Å².